The molecule has 0 fully saturated rings. The van der Waals surface area contributed by atoms with Crippen LogP contribution in [-0.2, 0) is 19.1 Å². The summed E-state index contributed by atoms with van der Waals surface area (Å²) in [5.74, 6) is -0.160. The number of carbonyl (C=O) groups excluding carboxylic acids is 2. The van der Waals surface area contributed by atoms with Crippen LogP contribution in [0.15, 0.2) is 82.4 Å². The maximum atomic E-state index is 13.5. The minimum Gasteiger partial charge on any atom is -0.462 e. The van der Waals surface area contributed by atoms with Gasteiger partial charge in [0.1, 0.15) is 24.8 Å². The molecule has 0 saturated heterocycles. The summed E-state index contributed by atoms with van der Waals surface area (Å²) < 4.78 is 46.9. The molecule has 2 aromatic heterocycles. The van der Waals surface area contributed by atoms with Gasteiger partial charge in [0.2, 0.25) is 11.6 Å². The molecule has 0 unspecified atom stereocenters. The fraction of sp³-hybridized carbons (Fsp3) is 0.161. The molecular formula is C31H26F2N4O6. The number of ether oxygens (including phenoxy) is 2. The summed E-state index contributed by atoms with van der Waals surface area (Å²) in [6.45, 7) is 8.00. The molecule has 0 saturated carbocycles. The number of benzene rings is 3. The highest BCUT2D eigenvalue weighted by molar-refractivity contribution is 5.81. The maximum absolute atomic E-state index is 13.5. The number of hydrogen-bond acceptors (Lipinski definition) is 10. The quantitative estimate of drug-likeness (QED) is 0.116. The Bertz CT molecular complexity index is 1660. The van der Waals surface area contributed by atoms with Gasteiger partial charge in [-0.05, 0) is 79.6 Å². The Morgan fingerprint density at radius 2 is 1.26 bits per heavy atom. The highest BCUT2D eigenvalue weighted by atomic mass is 19.1. The molecule has 0 atom stereocenters. The molecule has 0 aliphatic carbocycles. The summed E-state index contributed by atoms with van der Waals surface area (Å²) >= 11 is 0. The van der Waals surface area contributed by atoms with Crippen LogP contribution in [0.4, 0.5) is 8.78 Å². The minimum atomic E-state index is -0.517. The number of halogens is 2. The molecule has 2 heterocycles. The van der Waals surface area contributed by atoms with E-state index in [1.165, 1.54) is 19.1 Å². The molecule has 0 N–H and O–H groups in total. The van der Waals surface area contributed by atoms with Gasteiger partial charge in [-0.25, -0.2) is 13.6 Å². The van der Waals surface area contributed by atoms with Crippen LogP contribution in [0.25, 0.3) is 45.7 Å². The van der Waals surface area contributed by atoms with Gasteiger partial charge in [-0.2, -0.15) is 9.97 Å². The summed E-state index contributed by atoms with van der Waals surface area (Å²) in [5, 5.41) is 8.01. The first-order valence-electron chi connectivity index (χ1n) is 12.9. The first-order valence-corrected chi connectivity index (χ1v) is 12.9. The molecule has 220 valence electrons. The van der Waals surface area contributed by atoms with Crippen LogP contribution in [0.1, 0.15) is 18.1 Å². The molecule has 12 heteroatoms. The highest BCUT2D eigenvalue weighted by Gasteiger charge is 2.16. The van der Waals surface area contributed by atoms with Crippen LogP contribution >= 0.6 is 0 Å². The van der Waals surface area contributed by atoms with Crippen LogP contribution in [0.2, 0.25) is 0 Å². The van der Waals surface area contributed by atoms with Crippen molar-refractivity contribution < 1.29 is 36.9 Å². The van der Waals surface area contributed by atoms with Gasteiger partial charge in [0.05, 0.1) is 0 Å². The summed E-state index contributed by atoms with van der Waals surface area (Å²) in [5.41, 5.74) is 3.64. The van der Waals surface area contributed by atoms with E-state index in [0.29, 0.717) is 56.8 Å². The van der Waals surface area contributed by atoms with Crippen LogP contribution in [0, 0.1) is 25.5 Å². The van der Waals surface area contributed by atoms with E-state index in [-0.39, 0.29) is 30.8 Å². The fourth-order valence-electron chi connectivity index (χ4n) is 3.66. The molecular weight excluding hydrogens is 562 g/mol. The van der Waals surface area contributed by atoms with Crippen LogP contribution in [0.3, 0.4) is 0 Å². The molecule has 43 heavy (non-hydrogen) atoms. The van der Waals surface area contributed by atoms with Crippen LogP contribution in [0.5, 0.6) is 0 Å². The minimum absolute atomic E-state index is 0.0738. The lowest BCUT2D eigenvalue weighted by atomic mass is 10.1. The number of rotatable bonds is 8. The predicted molar refractivity (Wildman–Crippen MR) is 151 cm³/mol. The van der Waals surface area contributed by atoms with E-state index >= 15 is 0 Å². The molecule has 5 aromatic rings. The smallest absolute Gasteiger partial charge is 0.330 e. The Labute approximate surface area is 245 Å². The summed E-state index contributed by atoms with van der Waals surface area (Å²) in [6.07, 6.45) is 1.05. The van der Waals surface area contributed by atoms with E-state index in [2.05, 4.69) is 36.3 Å². The number of hydrogen-bond donors (Lipinski definition) is 0. The summed E-state index contributed by atoms with van der Waals surface area (Å²) in [6, 6.07) is 16.5. The molecule has 3 aromatic carbocycles. The predicted octanol–water partition coefficient (Wildman–Crippen LogP) is 6.29. The van der Waals surface area contributed by atoms with Gasteiger partial charge >= 0.3 is 11.9 Å². The van der Waals surface area contributed by atoms with Crippen molar-refractivity contribution in [1.29, 1.82) is 0 Å². The van der Waals surface area contributed by atoms with Gasteiger partial charge in [-0.3, -0.25) is 4.79 Å². The Balaban J connectivity index is 0.000000330. The van der Waals surface area contributed by atoms with Crippen molar-refractivity contribution in [2.75, 3.05) is 13.2 Å². The van der Waals surface area contributed by atoms with E-state index in [0.717, 1.165) is 6.08 Å². The van der Waals surface area contributed by atoms with Crippen LogP contribution < -0.4 is 0 Å². The van der Waals surface area contributed by atoms with Gasteiger partial charge in [0.15, 0.2) is 0 Å². The van der Waals surface area contributed by atoms with Crippen molar-refractivity contribution in [3.63, 3.8) is 0 Å². The summed E-state index contributed by atoms with van der Waals surface area (Å²) in [4.78, 5) is 29.4. The molecule has 0 bridgehead atoms. The van der Waals surface area contributed by atoms with Crippen molar-refractivity contribution in [3.8, 4) is 45.7 Å². The van der Waals surface area contributed by atoms with Gasteiger partial charge in [0.25, 0.3) is 11.8 Å². The second-order valence-corrected chi connectivity index (χ2v) is 9.07. The Hall–Kier alpha value is -5.52. The number of esters is 2. The molecule has 5 rings (SSSR count). The van der Waals surface area contributed by atoms with E-state index in [1.807, 2.05) is 18.2 Å². The fourth-order valence-corrected chi connectivity index (χ4v) is 3.66. The first-order chi connectivity index (χ1) is 20.6. The topological polar surface area (TPSA) is 130 Å². The lowest BCUT2D eigenvalue weighted by molar-refractivity contribution is -0.147. The Morgan fingerprint density at radius 1 is 0.767 bits per heavy atom. The van der Waals surface area contributed by atoms with Crippen molar-refractivity contribution in [1.82, 2.24) is 20.3 Å². The van der Waals surface area contributed by atoms with E-state index in [1.54, 1.807) is 44.2 Å². The molecule has 0 radical (unpaired) electrons. The van der Waals surface area contributed by atoms with Gasteiger partial charge in [-0.1, -0.05) is 23.0 Å². The highest BCUT2D eigenvalue weighted by Crippen LogP contribution is 2.28. The molecule has 0 spiro atoms. The zero-order valence-corrected chi connectivity index (χ0v) is 23.5. The Morgan fingerprint density at radius 3 is 1.70 bits per heavy atom. The Kier molecular flexibility index (Phi) is 9.84. The number of aromatic nitrogens is 4. The first kappa shape index (κ1) is 30.4. The van der Waals surface area contributed by atoms with Gasteiger partial charge < -0.3 is 18.5 Å². The molecule has 0 aliphatic heterocycles. The average Bonchev–Trinajstić information content (AvgIpc) is 3.70. The van der Waals surface area contributed by atoms with Gasteiger partial charge in [-0.15, -0.1) is 0 Å². The lowest BCUT2D eigenvalue weighted by Crippen LogP contribution is -2.10. The number of carbonyl (C=O) groups is 2. The van der Waals surface area contributed by atoms with Crippen molar-refractivity contribution in [2.24, 2.45) is 0 Å². The van der Waals surface area contributed by atoms with Crippen molar-refractivity contribution >= 4 is 11.9 Å². The van der Waals surface area contributed by atoms with Crippen LogP contribution in [-0.4, -0.2) is 45.4 Å². The average molecular weight is 589 g/mol. The summed E-state index contributed by atoms with van der Waals surface area (Å²) in [7, 11) is 0. The standard InChI is InChI=1S/C24H16F2N4O2.C7H10O4/c1-13-10-15(6-8-19(13)25)21-27-23(31-29-21)17-4-3-5-18(12-17)24-28-22(30-32-24)16-7-9-20(26)14(2)11-16;1-3-7(9)11-5-4-10-6(2)8/h3-12H,1-2H3;3H,1,4-5H2,2H3. The van der Waals surface area contributed by atoms with E-state index in [9.17, 15) is 18.4 Å². The lowest BCUT2D eigenvalue weighted by Gasteiger charge is -2.01. The van der Waals surface area contributed by atoms with Gasteiger partial charge in [0, 0.05) is 35.3 Å². The second-order valence-electron chi connectivity index (χ2n) is 9.07. The maximum Gasteiger partial charge on any atom is 0.330 e. The third-order valence-electron chi connectivity index (χ3n) is 5.84. The van der Waals surface area contributed by atoms with E-state index < -0.39 is 5.97 Å². The zero-order valence-electron chi connectivity index (χ0n) is 23.5. The van der Waals surface area contributed by atoms with Crippen molar-refractivity contribution in [2.45, 2.75) is 20.8 Å². The monoisotopic (exact) mass is 588 g/mol. The molecule has 0 aliphatic rings. The largest absolute Gasteiger partial charge is 0.462 e. The van der Waals surface area contributed by atoms with Crippen molar-refractivity contribution in [3.05, 3.63) is 96.1 Å². The van der Waals surface area contributed by atoms with E-state index in [4.69, 9.17) is 9.05 Å². The third-order valence-corrected chi connectivity index (χ3v) is 5.84. The SMILES string of the molecule is C=CC(=O)OCCOC(C)=O.Cc1cc(-c2noc(-c3cccc(-c4nc(-c5ccc(F)c(C)c5)no4)c3)n2)ccc1F. The number of nitrogens with zero attached hydrogens (tertiary/aromatic N) is 4. The third kappa shape index (κ3) is 8.03. The second kappa shape index (κ2) is 13.9. The normalized spacial score (nSPS) is 10.4. The molecule has 0 amide bonds. The molecule has 10 nitrogen and oxygen atoms in total. The zero-order chi connectivity index (χ0) is 30.9. The number of aryl methyl sites for hydroxylation is 2.